The minimum atomic E-state index is -0.574. The zero-order valence-electron chi connectivity index (χ0n) is 8.78. The van der Waals surface area contributed by atoms with Gasteiger partial charge >= 0.3 is 5.97 Å². The van der Waals surface area contributed by atoms with Crippen molar-refractivity contribution in [2.75, 3.05) is 13.6 Å². The molecule has 80 valence electrons. The summed E-state index contributed by atoms with van der Waals surface area (Å²) < 4.78 is 0. The molecule has 2 rings (SSSR count). The second-order valence-corrected chi connectivity index (χ2v) is 4.73. The highest BCUT2D eigenvalue weighted by molar-refractivity contribution is 5.70. The average molecular weight is 197 g/mol. The normalized spacial score (nSPS) is 39.1. The van der Waals surface area contributed by atoms with Gasteiger partial charge < -0.3 is 10.0 Å². The van der Waals surface area contributed by atoms with Crippen LogP contribution in [0.25, 0.3) is 0 Å². The third-order valence-corrected chi connectivity index (χ3v) is 3.96. The number of hydrogen-bond acceptors (Lipinski definition) is 2. The topological polar surface area (TPSA) is 40.5 Å². The molecule has 0 spiro atoms. The fraction of sp³-hybridized carbons (Fsp3) is 0.909. The van der Waals surface area contributed by atoms with Gasteiger partial charge in [0, 0.05) is 6.04 Å². The molecule has 14 heavy (non-hydrogen) atoms. The van der Waals surface area contributed by atoms with Crippen molar-refractivity contribution in [2.45, 2.75) is 38.1 Å². The molecule has 0 aromatic carbocycles. The van der Waals surface area contributed by atoms with Crippen molar-refractivity contribution in [3.05, 3.63) is 0 Å². The molecule has 1 saturated carbocycles. The van der Waals surface area contributed by atoms with Gasteiger partial charge in [-0.15, -0.1) is 0 Å². The van der Waals surface area contributed by atoms with Crippen LogP contribution >= 0.6 is 0 Å². The molecule has 3 nitrogen and oxygen atoms in total. The number of nitrogens with zero attached hydrogens (tertiary/aromatic N) is 1. The third-order valence-electron chi connectivity index (χ3n) is 3.96. The molecular formula is C11H19NO2. The van der Waals surface area contributed by atoms with Gasteiger partial charge in [0.25, 0.3) is 0 Å². The van der Waals surface area contributed by atoms with E-state index in [-0.39, 0.29) is 5.92 Å². The Kier molecular flexibility index (Phi) is 2.77. The van der Waals surface area contributed by atoms with Crippen LogP contribution in [0.5, 0.6) is 0 Å². The van der Waals surface area contributed by atoms with E-state index in [2.05, 4.69) is 11.9 Å². The second-order valence-electron chi connectivity index (χ2n) is 4.73. The number of carboxylic acids is 1. The number of hydrogen-bond donors (Lipinski definition) is 1. The Balaban J connectivity index is 2.11. The van der Waals surface area contributed by atoms with Crippen molar-refractivity contribution in [3.63, 3.8) is 0 Å². The van der Waals surface area contributed by atoms with Gasteiger partial charge in [0.1, 0.15) is 0 Å². The highest BCUT2D eigenvalue weighted by Crippen LogP contribution is 2.38. The fourth-order valence-electron chi connectivity index (χ4n) is 3.23. The summed E-state index contributed by atoms with van der Waals surface area (Å²) in [7, 11) is 2.14. The highest BCUT2D eigenvalue weighted by Gasteiger charge is 2.40. The predicted octanol–water partition coefficient (Wildman–Crippen LogP) is 1.58. The van der Waals surface area contributed by atoms with E-state index in [1.165, 1.54) is 12.8 Å². The van der Waals surface area contributed by atoms with Crippen LogP contribution < -0.4 is 0 Å². The lowest BCUT2D eigenvalue weighted by molar-refractivity contribution is -0.147. The van der Waals surface area contributed by atoms with Crippen LogP contribution in [0.3, 0.4) is 0 Å². The van der Waals surface area contributed by atoms with E-state index in [1.807, 2.05) is 0 Å². The molecule has 1 N–H and O–H groups in total. The fourth-order valence-corrected chi connectivity index (χ4v) is 3.23. The van der Waals surface area contributed by atoms with Gasteiger partial charge in [-0.05, 0) is 45.2 Å². The smallest absolute Gasteiger partial charge is 0.306 e. The van der Waals surface area contributed by atoms with E-state index < -0.39 is 5.97 Å². The molecule has 1 aliphatic heterocycles. The first-order valence-corrected chi connectivity index (χ1v) is 5.63. The molecule has 0 amide bonds. The largest absolute Gasteiger partial charge is 0.481 e. The van der Waals surface area contributed by atoms with Crippen molar-refractivity contribution < 1.29 is 9.90 Å². The summed E-state index contributed by atoms with van der Waals surface area (Å²) in [6.45, 7) is 1.15. The van der Waals surface area contributed by atoms with Crippen LogP contribution in [-0.4, -0.2) is 35.6 Å². The Morgan fingerprint density at radius 2 is 2.07 bits per heavy atom. The Morgan fingerprint density at radius 1 is 1.29 bits per heavy atom. The van der Waals surface area contributed by atoms with Crippen LogP contribution in [-0.2, 0) is 4.79 Å². The maximum Gasteiger partial charge on any atom is 0.306 e. The highest BCUT2D eigenvalue weighted by atomic mass is 16.4. The van der Waals surface area contributed by atoms with Crippen molar-refractivity contribution in [2.24, 2.45) is 11.8 Å². The lowest BCUT2D eigenvalue weighted by Crippen LogP contribution is -2.49. The molecule has 0 radical (unpaired) electrons. The summed E-state index contributed by atoms with van der Waals surface area (Å²) in [6.07, 6.45) is 5.46. The van der Waals surface area contributed by atoms with E-state index in [0.717, 1.165) is 25.8 Å². The molecule has 3 unspecified atom stereocenters. The summed E-state index contributed by atoms with van der Waals surface area (Å²) in [5.74, 6) is -0.230. The first kappa shape index (κ1) is 9.97. The van der Waals surface area contributed by atoms with Gasteiger partial charge in [0.15, 0.2) is 0 Å². The molecule has 0 aromatic rings. The lowest BCUT2D eigenvalue weighted by atomic mass is 9.71. The number of piperidine rings is 1. The number of carboxylic acid groups (broad SMARTS) is 1. The average Bonchev–Trinajstić information content (AvgIpc) is 2.17. The van der Waals surface area contributed by atoms with Crippen molar-refractivity contribution in [1.29, 1.82) is 0 Å². The standard InChI is InChI=1S/C11H19NO2/c1-12-7-3-5-8-9(11(13)14)4-2-6-10(8)12/h8-10H,2-7H2,1H3,(H,13,14). The van der Waals surface area contributed by atoms with Crippen LogP contribution in [0.15, 0.2) is 0 Å². The number of likely N-dealkylation sites (tertiary alicyclic amines) is 1. The Hall–Kier alpha value is -0.570. The number of rotatable bonds is 1. The minimum absolute atomic E-state index is 0.0727. The minimum Gasteiger partial charge on any atom is -0.481 e. The maximum atomic E-state index is 11.1. The third kappa shape index (κ3) is 1.65. The Labute approximate surface area is 85.1 Å². The van der Waals surface area contributed by atoms with E-state index in [4.69, 9.17) is 5.11 Å². The van der Waals surface area contributed by atoms with E-state index in [1.54, 1.807) is 0 Å². The quantitative estimate of drug-likeness (QED) is 0.694. The van der Waals surface area contributed by atoms with Crippen LogP contribution in [0.4, 0.5) is 0 Å². The number of carbonyl (C=O) groups is 1. The summed E-state index contributed by atoms with van der Waals surface area (Å²) >= 11 is 0. The molecule has 2 fully saturated rings. The molecular weight excluding hydrogens is 178 g/mol. The van der Waals surface area contributed by atoms with Crippen molar-refractivity contribution in [1.82, 2.24) is 4.90 Å². The molecule has 3 atom stereocenters. The van der Waals surface area contributed by atoms with Gasteiger partial charge in [-0.25, -0.2) is 0 Å². The van der Waals surface area contributed by atoms with Crippen LogP contribution in [0.1, 0.15) is 32.1 Å². The molecule has 0 aromatic heterocycles. The van der Waals surface area contributed by atoms with Gasteiger partial charge in [0.05, 0.1) is 5.92 Å². The first-order chi connectivity index (χ1) is 6.70. The summed E-state index contributed by atoms with van der Waals surface area (Å²) in [6, 6.07) is 0.540. The summed E-state index contributed by atoms with van der Waals surface area (Å²) in [5, 5.41) is 9.14. The van der Waals surface area contributed by atoms with E-state index >= 15 is 0 Å². The zero-order chi connectivity index (χ0) is 10.1. The molecule has 3 heteroatoms. The molecule has 1 saturated heterocycles. The molecule has 0 bridgehead atoms. The predicted molar refractivity (Wildman–Crippen MR) is 54.1 cm³/mol. The Morgan fingerprint density at radius 3 is 2.79 bits per heavy atom. The van der Waals surface area contributed by atoms with Gasteiger partial charge in [-0.3, -0.25) is 4.79 Å². The zero-order valence-corrected chi connectivity index (χ0v) is 8.78. The Bertz CT molecular complexity index is 229. The van der Waals surface area contributed by atoms with Gasteiger partial charge in [-0.2, -0.15) is 0 Å². The summed E-state index contributed by atoms with van der Waals surface area (Å²) in [5.41, 5.74) is 0. The van der Waals surface area contributed by atoms with E-state index in [9.17, 15) is 4.79 Å². The monoisotopic (exact) mass is 197 g/mol. The van der Waals surface area contributed by atoms with Crippen molar-refractivity contribution in [3.8, 4) is 0 Å². The summed E-state index contributed by atoms with van der Waals surface area (Å²) in [4.78, 5) is 13.5. The van der Waals surface area contributed by atoms with Gasteiger partial charge in [0.2, 0.25) is 0 Å². The lowest BCUT2D eigenvalue weighted by Gasteiger charge is -2.44. The second kappa shape index (κ2) is 3.89. The molecule has 1 aliphatic carbocycles. The molecule has 2 aliphatic rings. The van der Waals surface area contributed by atoms with Gasteiger partial charge in [-0.1, -0.05) is 6.42 Å². The maximum absolute atomic E-state index is 11.1. The molecule has 1 heterocycles. The van der Waals surface area contributed by atoms with E-state index in [0.29, 0.717) is 12.0 Å². The SMILES string of the molecule is CN1CCCC2C(C(=O)O)CCCC21. The van der Waals surface area contributed by atoms with Crippen LogP contribution in [0.2, 0.25) is 0 Å². The first-order valence-electron chi connectivity index (χ1n) is 5.63. The van der Waals surface area contributed by atoms with Crippen molar-refractivity contribution >= 4 is 5.97 Å². The number of fused-ring (bicyclic) bond motifs is 1. The number of aliphatic carboxylic acids is 1. The van der Waals surface area contributed by atoms with Crippen LogP contribution in [0, 0.1) is 11.8 Å².